The standard InChI is InChI=1S/C7H5BrN2OS/c8-3-1-2-4-6(5(3)11)12-7(9)10-4/h1-2,11H,(H2,9,10). The molecule has 1 aromatic heterocycles. The molecule has 0 saturated heterocycles. The van der Waals surface area contributed by atoms with Crippen LogP contribution in [0.2, 0.25) is 0 Å². The Balaban J connectivity index is 2.89. The number of nitrogen functional groups attached to an aromatic ring is 1. The van der Waals surface area contributed by atoms with Gasteiger partial charge in [-0.05, 0) is 28.1 Å². The molecular formula is C7H5BrN2OS. The molecule has 0 saturated carbocycles. The smallest absolute Gasteiger partial charge is 0.181 e. The summed E-state index contributed by atoms with van der Waals surface area (Å²) in [6.45, 7) is 0. The number of thiazole rings is 1. The predicted octanol–water partition coefficient (Wildman–Crippen LogP) is 2.35. The van der Waals surface area contributed by atoms with Crippen LogP contribution in [0.1, 0.15) is 0 Å². The Bertz CT molecular complexity index is 440. The van der Waals surface area contributed by atoms with Crippen molar-refractivity contribution in [2.75, 3.05) is 5.73 Å². The highest BCUT2D eigenvalue weighted by atomic mass is 79.9. The van der Waals surface area contributed by atoms with Gasteiger partial charge in [-0.3, -0.25) is 0 Å². The van der Waals surface area contributed by atoms with Crippen LogP contribution in [-0.4, -0.2) is 10.1 Å². The maximum absolute atomic E-state index is 9.54. The highest BCUT2D eigenvalue weighted by Crippen LogP contribution is 2.36. The van der Waals surface area contributed by atoms with Gasteiger partial charge in [0.25, 0.3) is 0 Å². The molecule has 0 aliphatic heterocycles. The first-order chi connectivity index (χ1) is 5.68. The second-order valence-corrected chi connectivity index (χ2v) is 4.18. The molecule has 0 atom stereocenters. The van der Waals surface area contributed by atoms with Crippen LogP contribution in [-0.2, 0) is 0 Å². The van der Waals surface area contributed by atoms with Crippen LogP contribution in [0, 0.1) is 0 Å². The van der Waals surface area contributed by atoms with Crippen LogP contribution in [0.3, 0.4) is 0 Å². The maximum Gasteiger partial charge on any atom is 0.181 e. The third-order valence-electron chi connectivity index (χ3n) is 1.50. The van der Waals surface area contributed by atoms with Gasteiger partial charge in [0.15, 0.2) is 5.13 Å². The summed E-state index contributed by atoms with van der Waals surface area (Å²) in [6, 6.07) is 3.56. The molecule has 2 aromatic rings. The monoisotopic (exact) mass is 244 g/mol. The van der Waals surface area contributed by atoms with E-state index in [1.807, 2.05) is 6.07 Å². The Morgan fingerprint density at radius 2 is 2.25 bits per heavy atom. The van der Waals surface area contributed by atoms with E-state index in [9.17, 15) is 5.11 Å². The maximum atomic E-state index is 9.54. The van der Waals surface area contributed by atoms with Crippen molar-refractivity contribution in [1.29, 1.82) is 0 Å². The number of aromatic nitrogens is 1. The van der Waals surface area contributed by atoms with Gasteiger partial charge < -0.3 is 10.8 Å². The Kier molecular flexibility index (Phi) is 1.69. The zero-order valence-electron chi connectivity index (χ0n) is 5.91. The molecule has 0 aliphatic rings. The third-order valence-corrected chi connectivity index (χ3v) is 3.05. The lowest BCUT2D eigenvalue weighted by atomic mass is 10.3. The summed E-state index contributed by atoms with van der Waals surface area (Å²) >= 11 is 4.49. The fraction of sp³-hybridized carbons (Fsp3) is 0. The van der Waals surface area contributed by atoms with Crippen LogP contribution in [0.25, 0.3) is 10.2 Å². The van der Waals surface area contributed by atoms with E-state index < -0.39 is 0 Å². The van der Waals surface area contributed by atoms with E-state index in [1.165, 1.54) is 11.3 Å². The molecule has 62 valence electrons. The fourth-order valence-corrected chi connectivity index (χ4v) is 2.21. The lowest BCUT2D eigenvalue weighted by Gasteiger charge is -1.94. The molecule has 1 aromatic carbocycles. The summed E-state index contributed by atoms with van der Waals surface area (Å²) in [4.78, 5) is 4.03. The summed E-state index contributed by atoms with van der Waals surface area (Å²) in [5.74, 6) is 0.210. The van der Waals surface area contributed by atoms with Crippen molar-refractivity contribution in [3.63, 3.8) is 0 Å². The number of rotatable bonds is 0. The topological polar surface area (TPSA) is 59.1 Å². The van der Waals surface area contributed by atoms with Crippen molar-refractivity contribution in [3.8, 4) is 5.75 Å². The lowest BCUT2D eigenvalue weighted by molar-refractivity contribution is 0.479. The Hall–Kier alpha value is -0.810. The van der Waals surface area contributed by atoms with Crippen molar-refractivity contribution in [2.24, 2.45) is 0 Å². The van der Waals surface area contributed by atoms with Gasteiger partial charge in [0.1, 0.15) is 5.75 Å². The van der Waals surface area contributed by atoms with Gasteiger partial charge in [0.2, 0.25) is 0 Å². The number of fused-ring (bicyclic) bond motifs is 1. The number of nitrogens with zero attached hydrogens (tertiary/aromatic N) is 1. The number of phenols is 1. The van der Waals surface area contributed by atoms with Crippen molar-refractivity contribution in [2.45, 2.75) is 0 Å². The molecule has 0 aliphatic carbocycles. The molecule has 2 rings (SSSR count). The van der Waals surface area contributed by atoms with E-state index in [0.29, 0.717) is 9.60 Å². The van der Waals surface area contributed by atoms with E-state index in [1.54, 1.807) is 6.07 Å². The van der Waals surface area contributed by atoms with Crippen molar-refractivity contribution < 1.29 is 5.11 Å². The number of benzene rings is 1. The molecule has 1 heterocycles. The third kappa shape index (κ3) is 1.05. The number of nitrogens with two attached hydrogens (primary N) is 1. The first kappa shape index (κ1) is 7.82. The second-order valence-electron chi connectivity index (χ2n) is 2.30. The Morgan fingerprint density at radius 3 is 3.00 bits per heavy atom. The minimum atomic E-state index is 0.210. The van der Waals surface area contributed by atoms with Gasteiger partial charge in [-0.25, -0.2) is 4.98 Å². The molecule has 0 radical (unpaired) electrons. The van der Waals surface area contributed by atoms with E-state index in [-0.39, 0.29) is 5.75 Å². The molecule has 0 amide bonds. The van der Waals surface area contributed by atoms with E-state index in [2.05, 4.69) is 20.9 Å². The Labute approximate surface area is 81.0 Å². The summed E-state index contributed by atoms with van der Waals surface area (Å²) in [6.07, 6.45) is 0. The highest BCUT2D eigenvalue weighted by molar-refractivity contribution is 9.10. The fourth-order valence-electron chi connectivity index (χ4n) is 0.971. The normalized spacial score (nSPS) is 10.8. The van der Waals surface area contributed by atoms with Crippen molar-refractivity contribution >= 4 is 42.6 Å². The summed E-state index contributed by atoms with van der Waals surface area (Å²) in [5, 5.41) is 10.0. The average molecular weight is 245 g/mol. The van der Waals surface area contributed by atoms with E-state index >= 15 is 0 Å². The van der Waals surface area contributed by atoms with E-state index in [4.69, 9.17) is 5.73 Å². The summed E-state index contributed by atoms with van der Waals surface area (Å²) in [7, 11) is 0. The predicted molar refractivity (Wildman–Crippen MR) is 53.4 cm³/mol. The SMILES string of the molecule is Nc1nc2ccc(Br)c(O)c2s1. The number of hydrogen-bond donors (Lipinski definition) is 2. The number of phenolic OH excluding ortho intramolecular Hbond substituents is 1. The van der Waals surface area contributed by atoms with Gasteiger partial charge in [-0.1, -0.05) is 11.3 Å². The molecule has 0 spiro atoms. The first-order valence-electron chi connectivity index (χ1n) is 3.22. The molecule has 5 heteroatoms. The molecule has 3 N–H and O–H groups in total. The van der Waals surface area contributed by atoms with Gasteiger partial charge >= 0.3 is 0 Å². The summed E-state index contributed by atoms with van der Waals surface area (Å²) < 4.78 is 1.39. The zero-order valence-corrected chi connectivity index (χ0v) is 8.32. The second kappa shape index (κ2) is 2.60. The van der Waals surface area contributed by atoms with Gasteiger partial charge in [0, 0.05) is 0 Å². The zero-order chi connectivity index (χ0) is 8.72. The molecular weight excluding hydrogens is 240 g/mol. The quantitative estimate of drug-likeness (QED) is 0.748. The Morgan fingerprint density at radius 1 is 1.50 bits per heavy atom. The van der Waals surface area contributed by atoms with Crippen LogP contribution in [0.4, 0.5) is 5.13 Å². The number of hydrogen-bond acceptors (Lipinski definition) is 4. The molecule has 12 heavy (non-hydrogen) atoms. The molecule has 3 nitrogen and oxygen atoms in total. The minimum Gasteiger partial charge on any atom is -0.505 e. The van der Waals surface area contributed by atoms with Crippen LogP contribution < -0.4 is 5.73 Å². The highest BCUT2D eigenvalue weighted by Gasteiger charge is 2.07. The minimum absolute atomic E-state index is 0.210. The number of aromatic hydroxyl groups is 1. The average Bonchev–Trinajstić information content (AvgIpc) is 2.39. The van der Waals surface area contributed by atoms with Gasteiger partial charge in [-0.2, -0.15) is 0 Å². The molecule has 0 unspecified atom stereocenters. The number of anilines is 1. The van der Waals surface area contributed by atoms with E-state index in [0.717, 1.165) is 10.2 Å². The number of halogens is 1. The molecule has 0 bridgehead atoms. The van der Waals surface area contributed by atoms with Crippen molar-refractivity contribution in [3.05, 3.63) is 16.6 Å². The molecule has 0 fully saturated rings. The summed E-state index contributed by atoms with van der Waals surface area (Å²) in [5.41, 5.74) is 6.22. The lowest BCUT2D eigenvalue weighted by Crippen LogP contribution is -1.78. The van der Waals surface area contributed by atoms with Crippen LogP contribution in [0.15, 0.2) is 16.6 Å². The first-order valence-corrected chi connectivity index (χ1v) is 4.83. The van der Waals surface area contributed by atoms with Crippen LogP contribution >= 0.6 is 27.3 Å². The van der Waals surface area contributed by atoms with Gasteiger partial charge in [0.05, 0.1) is 14.7 Å². The van der Waals surface area contributed by atoms with Crippen LogP contribution in [0.5, 0.6) is 5.75 Å². The van der Waals surface area contributed by atoms with Crippen molar-refractivity contribution in [1.82, 2.24) is 4.98 Å². The largest absolute Gasteiger partial charge is 0.505 e. The van der Waals surface area contributed by atoms with Gasteiger partial charge in [-0.15, -0.1) is 0 Å².